The molecule has 1 aliphatic carbocycles. The monoisotopic (exact) mass is 226 g/mol. The second-order valence-electron chi connectivity index (χ2n) is 6.04. The van der Waals surface area contributed by atoms with Gasteiger partial charge in [0.05, 0.1) is 0 Å². The van der Waals surface area contributed by atoms with E-state index in [4.69, 9.17) is 5.73 Å². The molecule has 0 unspecified atom stereocenters. The van der Waals surface area contributed by atoms with Crippen molar-refractivity contribution in [2.45, 2.75) is 58.9 Å². The molecular weight excluding hydrogens is 200 g/mol. The van der Waals surface area contributed by atoms with Crippen molar-refractivity contribution in [3.63, 3.8) is 0 Å². The summed E-state index contributed by atoms with van der Waals surface area (Å²) in [4.78, 5) is 11.7. The standard InChI is InChI=1S/C13H26N2O/c1-10-8-11(9-10)15-12(16)4-5-13(2,3)6-7-14/h10-11H,4-9,14H2,1-3H3,(H,15,16). The molecule has 1 rings (SSSR count). The first-order chi connectivity index (χ1) is 7.43. The minimum Gasteiger partial charge on any atom is -0.353 e. The van der Waals surface area contributed by atoms with Gasteiger partial charge in [-0.3, -0.25) is 4.79 Å². The molecule has 0 aromatic rings. The van der Waals surface area contributed by atoms with E-state index in [1.165, 1.54) is 0 Å². The average molecular weight is 226 g/mol. The van der Waals surface area contributed by atoms with Crippen LogP contribution in [-0.4, -0.2) is 18.5 Å². The summed E-state index contributed by atoms with van der Waals surface area (Å²) in [6.07, 6.45) is 4.85. The predicted molar refractivity (Wildman–Crippen MR) is 67.0 cm³/mol. The van der Waals surface area contributed by atoms with Crippen molar-refractivity contribution in [3.05, 3.63) is 0 Å². The van der Waals surface area contributed by atoms with Crippen LogP contribution < -0.4 is 11.1 Å². The van der Waals surface area contributed by atoms with Crippen molar-refractivity contribution in [1.29, 1.82) is 0 Å². The lowest BCUT2D eigenvalue weighted by Gasteiger charge is -2.33. The minimum absolute atomic E-state index is 0.193. The van der Waals surface area contributed by atoms with Crippen molar-refractivity contribution in [2.24, 2.45) is 17.1 Å². The Hall–Kier alpha value is -0.570. The normalized spacial score (nSPS) is 25.0. The lowest BCUT2D eigenvalue weighted by molar-refractivity contribution is -0.123. The topological polar surface area (TPSA) is 55.1 Å². The molecule has 0 atom stereocenters. The van der Waals surface area contributed by atoms with Crippen LogP contribution in [0.1, 0.15) is 52.9 Å². The number of amides is 1. The molecule has 3 N–H and O–H groups in total. The molecule has 0 bridgehead atoms. The van der Waals surface area contributed by atoms with Gasteiger partial charge in [0, 0.05) is 12.5 Å². The maximum absolute atomic E-state index is 11.7. The van der Waals surface area contributed by atoms with Gasteiger partial charge in [-0.15, -0.1) is 0 Å². The minimum atomic E-state index is 0.193. The lowest BCUT2D eigenvalue weighted by Crippen LogP contribution is -2.43. The Morgan fingerprint density at radius 1 is 1.38 bits per heavy atom. The van der Waals surface area contributed by atoms with E-state index >= 15 is 0 Å². The summed E-state index contributed by atoms with van der Waals surface area (Å²) in [7, 11) is 0. The molecule has 1 amide bonds. The van der Waals surface area contributed by atoms with Gasteiger partial charge in [0.1, 0.15) is 0 Å². The van der Waals surface area contributed by atoms with E-state index in [1.807, 2.05) is 0 Å². The van der Waals surface area contributed by atoms with Crippen LogP contribution in [0.5, 0.6) is 0 Å². The van der Waals surface area contributed by atoms with E-state index < -0.39 is 0 Å². The Balaban J connectivity index is 2.14. The third-order valence-electron chi connectivity index (χ3n) is 3.59. The fourth-order valence-corrected chi connectivity index (χ4v) is 2.29. The van der Waals surface area contributed by atoms with Gasteiger partial charge in [0.25, 0.3) is 0 Å². The van der Waals surface area contributed by atoms with Crippen molar-refractivity contribution in [3.8, 4) is 0 Å². The summed E-state index contributed by atoms with van der Waals surface area (Å²) < 4.78 is 0. The number of hydrogen-bond acceptors (Lipinski definition) is 2. The van der Waals surface area contributed by atoms with Crippen LogP contribution in [0, 0.1) is 11.3 Å². The lowest BCUT2D eigenvalue weighted by atomic mass is 9.81. The van der Waals surface area contributed by atoms with Crippen molar-refractivity contribution < 1.29 is 4.79 Å². The zero-order valence-electron chi connectivity index (χ0n) is 10.9. The van der Waals surface area contributed by atoms with Crippen LogP contribution in [0.3, 0.4) is 0 Å². The highest BCUT2D eigenvalue weighted by molar-refractivity contribution is 5.76. The van der Waals surface area contributed by atoms with E-state index in [9.17, 15) is 4.79 Å². The number of rotatable bonds is 6. The first kappa shape index (κ1) is 13.5. The third-order valence-corrected chi connectivity index (χ3v) is 3.59. The van der Waals surface area contributed by atoms with Crippen LogP contribution >= 0.6 is 0 Å². The SMILES string of the molecule is CC1CC(NC(=O)CCC(C)(C)CCN)C1. The first-order valence-corrected chi connectivity index (χ1v) is 6.42. The summed E-state index contributed by atoms with van der Waals surface area (Å²) in [6.45, 7) is 7.29. The second kappa shape index (κ2) is 5.67. The van der Waals surface area contributed by atoms with Crippen molar-refractivity contribution in [1.82, 2.24) is 5.32 Å². The molecule has 0 radical (unpaired) electrons. The molecule has 16 heavy (non-hydrogen) atoms. The molecule has 0 heterocycles. The van der Waals surface area contributed by atoms with Gasteiger partial charge in [0.15, 0.2) is 0 Å². The van der Waals surface area contributed by atoms with E-state index in [2.05, 4.69) is 26.1 Å². The Kier molecular flexibility index (Phi) is 4.78. The van der Waals surface area contributed by atoms with Gasteiger partial charge in [-0.05, 0) is 43.6 Å². The van der Waals surface area contributed by atoms with Crippen LogP contribution in [0.25, 0.3) is 0 Å². The maximum Gasteiger partial charge on any atom is 0.220 e. The predicted octanol–water partition coefficient (Wildman–Crippen LogP) is 2.06. The molecule has 1 aliphatic rings. The Morgan fingerprint density at radius 3 is 2.50 bits per heavy atom. The molecule has 3 nitrogen and oxygen atoms in total. The number of hydrogen-bond donors (Lipinski definition) is 2. The van der Waals surface area contributed by atoms with E-state index in [0.29, 0.717) is 19.0 Å². The molecule has 0 spiro atoms. The quantitative estimate of drug-likeness (QED) is 0.728. The molecule has 0 aromatic heterocycles. The average Bonchev–Trinajstić information content (AvgIpc) is 2.12. The van der Waals surface area contributed by atoms with Crippen LogP contribution in [0.4, 0.5) is 0 Å². The van der Waals surface area contributed by atoms with E-state index in [0.717, 1.165) is 31.6 Å². The largest absolute Gasteiger partial charge is 0.353 e. The summed E-state index contributed by atoms with van der Waals surface area (Å²) in [5.41, 5.74) is 5.74. The highest BCUT2D eigenvalue weighted by atomic mass is 16.1. The van der Waals surface area contributed by atoms with Crippen LogP contribution in [0.2, 0.25) is 0 Å². The van der Waals surface area contributed by atoms with Gasteiger partial charge in [-0.1, -0.05) is 20.8 Å². The first-order valence-electron chi connectivity index (χ1n) is 6.42. The summed E-state index contributed by atoms with van der Waals surface area (Å²) in [6, 6.07) is 0.445. The molecule has 0 saturated heterocycles. The highest BCUT2D eigenvalue weighted by Gasteiger charge is 2.27. The fourth-order valence-electron chi connectivity index (χ4n) is 2.29. The van der Waals surface area contributed by atoms with Gasteiger partial charge in [0.2, 0.25) is 5.91 Å². The van der Waals surface area contributed by atoms with Crippen molar-refractivity contribution in [2.75, 3.05) is 6.54 Å². The highest BCUT2D eigenvalue weighted by Crippen LogP contribution is 2.28. The van der Waals surface area contributed by atoms with Gasteiger partial charge >= 0.3 is 0 Å². The van der Waals surface area contributed by atoms with Crippen molar-refractivity contribution >= 4 is 5.91 Å². The number of nitrogens with one attached hydrogen (secondary N) is 1. The van der Waals surface area contributed by atoms with Crippen LogP contribution in [-0.2, 0) is 4.79 Å². The van der Waals surface area contributed by atoms with Gasteiger partial charge < -0.3 is 11.1 Å². The second-order valence-corrected chi connectivity index (χ2v) is 6.04. The zero-order valence-corrected chi connectivity index (χ0v) is 10.9. The zero-order chi connectivity index (χ0) is 12.2. The summed E-state index contributed by atoms with van der Waals surface area (Å²) >= 11 is 0. The molecule has 0 aliphatic heterocycles. The summed E-state index contributed by atoms with van der Waals surface area (Å²) in [5.74, 6) is 1.00. The Bertz CT molecular complexity index is 232. The third kappa shape index (κ3) is 4.52. The summed E-state index contributed by atoms with van der Waals surface area (Å²) in [5, 5.41) is 3.09. The molecule has 94 valence electrons. The van der Waals surface area contributed by atoms with Gasteiger partial charge in [-0.2, -0.15) is 0 Å². The van der Waals surface area contributed by atoms with E-state index in [-0.39, 0.29) is 11.3 Å². The molecule has 1 fully saturated rings. The number of carbonyl (C=O) groups is 1. The molecule has 3 heteroatoms. The molecule has 0 aromatic carbocycles. The Morgan fingerprint density at radius 2 is 2.00 bits per heavy atom. The van der Waals surface area contributed by atoms with Crippen LogP contribution in [0.15, 0.2) is 0 Å². The molecule has 1 saturated carbocycles. The number of nitrogens with two attached hydrogens (primary N) is 1. The molecular formula is C13H26N2O. The number of carbonyl (C=O) groups excluding carboxylic acids is 1. The smallest absolute Gasteiger partial charge is 0.220 e. The maximum atomic E-state index is 11.7. The Labute approximate surface area is 99.2 Å². The van der Waals surface area contributed by atoms with E-state index in [1.54, 1.807) is 0 Å². The van der Waals surface area contributed by atoms with Gasteiger partial charge in [-0.25, -0.2) is 0 Å². The fraction of sp³-hybridized carbons (Fsp3) is 0.923.